The summed E-state index contributed by atoms with van der Waals surface area (Å²) < 4.78 is 6.06. The first-order valence-electron chi connectivity index (χ1n) is 22.1. The van der Waals surface area contributed by atoms with Gasteiger partial charge in [-0.2, -0.15) is 0 Å². The maximum Gasteiger partial charge on any atom is 0.255 e. The number of aromatic amines is 1. The van der Waals surface area contributed by atoms with E-state index in [1.54, 1.807) is 18.2 Å². The van der Waals surface area contributed by atoms with Gasteiger partial charge in [-0.3, -0.25) is 39.1 Å². The lowest BCUT2D eigenvalue weighted by Gasteiger charge is -2.44. The van der Waals surface area contributed by atoms with Gasteiger partial charge in [0.05, 0.1) is 31.8 Å². The van der Waals surface area contributed by atoms with Gasteiger partial charge in [-0.15, -0.1) is 0 Å². The van der Waals surface area contributed by atoms with Crippen LogP contribution in [0.4, 0.5) is 11.4 Å². The number of piperazine rings is 1. The Bertz CT molecular complexity index is 2520. The number of aromatic nitrogens is 1. The Hall–Kier alpha value is -6.04. The van der Waals surface area contributed by atoms with Gasteiger partial charge in [0.15, 0.2) is 11.5 Å². The number of ether oxygens (including phenoxy) is 1. The molecule has 1 aliphatic carbocycles. The van der Waals surface area contributed by atoms with Crippen LogP contribution in [0, 0.1) is 6.57 Å². The molecule has 0 spiro atoms. The second-order valence-corrected chi connectivity index (χ2v) is 17.8. The zero-order valence-electron chi connectivity index (χ0n) is 35.8. The summed E-state index contributed by atoms with van der Waals surface area (Å²) in [6, 6.07) is 15.1. The predicted molar refractivity (Wildman–Crippen MR) is 235 cm³/mol. The molecule has 3 aromatic carbocycles. The van der Waals surface area contributed by atoms with Gasteiger partial charge in [0.1, 0.15) is 11.8 Å². The van der Waals surface area contributed by atoms with E-state index in [1.165, 1.54) is 16.2 Å². The molecule has 1 aromatic heterocycles. The molecule has 322 valence electrons. The largest absolute Gasteiger partial charge is 0.493 e. The number of amides is 4. The Kier molecular flexibility index (Phi) is 11.1. The fourth-order valence-electron chi connectivity index (χ4n) is 10.3. The molecule has 0 bridgehead atoms. The highest BCUT2D eigenvalue weighted by Gasteiger charge is 2.42. The zero-order valence-corrected chi connectivity index (χ0v) is 35.8. The number of aryl methyl sites for hydroxylation is 1. The summed E-state index contributed by atoms with van der Waals surface area (Å²) in [5.74, 6) is -0.358. The summed E-state index contributed by atoms with van der Waals surface area (Å²) in [5.41, 5.74) is 8.10. The van der Waals surface area contributed by atoms with Crippen molar-refractivity contribution in [3.63, 3.8) is 0 Å². The number of rotatable bonds is 11. The third-order valence-electron chi connectivity index (χ3n) is 13.8. The van der Waals surface area contributed by atoms with E-state index in [4.69, 9.17) is 11.3 Å². The standard InChI is InChI=1S/C48H54N8O6/c1-5-29-24-34-36(48(2,3)45-43(44(34)59)33-11-10-30(49-4)25-37(33)51-45)26-39(29)55-17-14-31(15-18-55)54-21-19-53(20-22-54)28-42(58)50-16-7-23-62-40-9-6-8-32-35(40)27-56(47(32)61)38-12-13-41(57)52-46(38)60/h6,8-11,24-26,31,38,51H,5,7,12-23,27-28H2,1-3H3,(H,50,58)(H,52,57,60). The molecule has 3 saturated heterocycles. The second-order valence-electron chi connectivity index (χ2n) is 17.8. The quantitative estimate of drug-likeness (QED) is 0.107. The Labute approximate surface area is 361 Å². The van der Waals surface area contributed by atoms with Crippen LogP contribution < -0.4 is 20.3 Å². The van der Waals surface area contributed by atoms with Crippen LogP contribution in [0.15, 0.2) is 48.5 Å². The molecule has 4 aromatic rings. The monoisotopic (exact) mass is 838 g/mol. The number of anilines is 1. The fraction of sp³-hybridized carbons (Fsp3) is 0.458. The summed E-state index contributed by atoms with van der Waals surface area (Å²) in [5, 5.41) is 6.25. The number of ketones is 1. The van der Waals surface area contributed by atoms with E-state index in [0.29, 0.717) is 55.6 Å². The van der Waals surface area contributed by atoms with Crippen molar-refractivity contribution in [2.75, 3.05) is 63.9 Å². The number of H-pyrrole nitrogens is 1. The summed E-state index contributed by atoms with van der Waals surface area (Å²) in [6.07, 6.45) is 4.06. The first-order valence-corrected chi connectivity index (χ1v) is 22.1. The summed E-state index contributed by atoms with van der Waals surface area (Å²) in [6.45, 7) is 20.9. The van der Waals surface area contributed by atoms with E-state index in [9.17, 15) is 24.0 Å². The summed E-state index contributed by atoms with van der Waals surface area (Å²) in [4.78, 5) is 80.2. The highest BCUT2D eigenvalue weighted by molar-refractivity contribution is 6.20. The van der Waals surface area contributed by atoms with Crippen molar-refractivity contribution in [1.82, 2.24) is 30.3 Å². The van der Waals surface area contributed by atoms with Crippen LogP contribution in [-0.2, 0) is 32.8 Å². The molecule has 14 heteroatoms. The van der Waals surface area contributed by atoms with E-state index < -0.39 is 17.4 Å². The third kappa shape index (κ3) is 7.51. The topological polar surface area (TPSA) is 152 Å². The van der Waals surface area contributed by atoms with Crippen molar-refractivity contribution in [3.05, 3.63) is 99.0 Å². The Morgan fingerprint density at radius 1 is 0.968 bits per heavy atom. The number of imide groups is 1. The van der Waals surface area contributed by atoms with E-state index in [0.717, 1.165) is 97.4 Å². The maximum atomic E-state index is 14.1. The molecule has 4 amide bonds. The summed E-state index contributed by atoms with van der Waals surface area (Å²) in [7, 11) is 0. The molecular weight excluding hydrogens is 785 g/mol. The van der Waals surface area contributed by atoms with Crippen molar-refractivity contribution in [2.24, 2.45) is 0 Å². The molecule has 14 nitrogen and oxygen atoms in total. The molecule has 4 aliphatic heterocycles. The van der Waals surface area contributed by atoms with E-state index in [1.807, 2.05) is 18.2 Å². The molecule has 3 N–H and O–H groups in total. The maximum absolute atomic E-state index is 14.1. The minimum Gasteiger partial charge on any atom is -0.493 e. The van der Waals surface area contributed by atoms with Gasteiger partial charge in [-0.25, -0.2) is 4.85 Å². The van der Waals surface area contributed by atoms with Crippen LogP contribution in [0.2, 0.25) is 0 Å². The van der Waals surface area contributed by atoms with Gasteiger partial charge in [0.25, 0.3) is 5.91 Å². The van der Waals surface area contributed by atoms with Crippen LogP contribution in [-0.4, -0.2) is 120 Å². The summed E-state index contributed by atoms with van der Waals surface area (Å²) >= 11 is 0. The minimum atomic E-state index is -0.678. The number of fused-ring (bicyclic) bond motifs is 5. The molecular formula is C48H54N8O6. The molecule has 1 atom stereocenters. The zero-order chi connectivity index (χ0) is 43.3. The number of hydrogen-bond acceptors (Lipinski definition) is 9. The van der Waals surface area contributed by atoms with Crippen molar-refractivity contribution in [3.8, 4) is 5.75 Å². The molecule has 0 radical (unpaired) electrons. The Morgan fingerprint density at radius 3 is 2.50 bits per heavy atom. The molecule has 5 heterocycles. The van der Waals surface area contributed by atoms with Crippen LogP contribution in [0.25, 0.3) is 15.7 Å². The van der Waals surface area contributed by atoms with Gasteiger partial charge in [0.2, 0.25) is 17.7 Å². The number of nitrogens with one attached hydrogen (secondary N) is 3. The Morgan fingerprint density at radius 2 is 1.76 bits per heavy atom. The lowest BCUT2D eigenvalue weighted by atomic mass is 9.70. The van der Waals surface area contributed by atoms with Crippen LogP contribution >= 0.6 is 0 Å². The van der Waals surface area contributed by atoms with Crippen LogP contribution in [0.1, 0.15) is 102 Å². The van der Waals surface area contributed by atoms with Crippen molar-refractivity contribution < 1.29 is 28.7 Å². The van der Waals surface area contributed by atoms with Gasteiger partial charge in [-0.05, 0) is 73.6 Å². The molecule has 1 unspecified atom stereocenters. The molecule has 5 aliphatic rings. The number of nitrogens with zero attached hydrogens (tertiary/aromatic N) is 5. The van der Waals surface area contributed by atoms with Gasteiger partial charge in [-0.1, -0.05) is 39.0 Å². The van der Waals surface area contributed by atoms with E-state index in [-0.39, 0.29) is 36.5 Å². The normalized spacial score (nSPS) is 20.5. The average Bonchev–Trinajstić information content (AvgIpc) is 3.84. The van der Waals surface area contributed by atoms with Gasteiger partial charge in [0, 0.05) is 103 Å². The second kappa shape index (κ2) is 16.7. The van der Waals surface area contributed by atoms with Crippen LogP contribution in [0.5, 0.6) is 5.75 Å². The molecule has 0 saturated carbocycles. The first-order chi connectivity index (χ1) is 29.9. The third-order valence-corrected chi connectivity index (χ3v) is 13.8. The predicted octanol–water partition coefficient (Wildman–Crippen LogP) is 5.08. The highest BCUT2D eigenvalue weighted by atomic mass is 16.5. The molecule has 3 fully saturated rings. The minimum absolute atomic E-state index is 0.00510. The highest BCUT2D eigenvalue weighted by Crippen LogP contribution is 2.46. The molecule has 62 heavy (non-hydrogen) atoms. The number of benzene rings is 3. The van der Waals surface area contributed by atoms with Crippen molar-refractivity contribution in [2.45, 2.75) is 83.3 Å². The van der Waals surface area contributed by atoms with Crippen molar-refractivity contribution >= 4 is 51.7 Å². The van der Waals surface area contributed by atoms with Gasteiger partial charge >= 0.3 is 0 Å². The molecule has 9 rings (SSSR count). The van der Waals surface area contributed by atoms with E-state index in [2.05, 4.69) is 68.1 Å². The smallest absolute Gasteiger partial charge is 0.255 e. The van der Waals surface area contributed by atoms with Crippen LogP contribution in [0.3, 0.4) is 0 Å². The first kappa shape index (κ1) is 41.3. The lowest BCUT2D eigenvalue weighted by Crippen LogP contribution is -2.54. The van der Waals surface area contributed by atoms with Gasteiger partial charge < -0.3 is 24.8 Å². The number of piperidine rings is 2. The fourth-order valence-corrected chi connectivity index (χ4v) is 10.3. The number of hydrogen-bond donors (Lipinski definition) is 3. The van der Waals surface area contributed by atoms with E-state index >= 15 is 0 Å². The SMILES string of the molecule is [C-]#[N+]c1ccc2c3c([nH]c2c1)C(C)(C)c1cc(N2CCC(N4CCN(CC(=O)NCCCOc5cccc6c5CN(C5CCC(=O)NC5=O)C6=O)CC4)CC2)c(CC)cc1C3=O. The Balaban J connectivity index is 0.727. The number of carbonyl (C=O) groups excluding carboxylic acids is 5. The lowest BCUT2D eigenvalue weighted by molar-refractivity contribution is -0.137. The van der Waals surface area contributed by atoms with Crippen molar-refractivity contribution in [1.29, 1.82) is 0 Å². The number of carbonyl (C=O) groups is 5. The average molecular weight is 839 g/mol.